The minimum Gasteiger partial charge on any atom is -0.497 e. The van der Waals surface area contributed by atoms with Crippen LogP contribution in [-0.2, 0) is 11.2 Å². The predicted octanol–water partition coefficient (Wildman–Crippen LogP) is 1.77. The molecule has 0 radical (unpaired) electrons. The summed E-state index contributed by atoms with van der Waals surface area (Å²) in [4.78, 5) is 24.1. The third kappa shape index (κ3) is 4.35. The molecule has 6 nitrogen and oxygen atoms in total. The molecule has 1 aromatic heterocycles. The summed E-state index contributed by atoms with van der Waals surface area (Å²) in [5.41, 5.74) is 1.50. The van der Waals surface area contributed by atoms with Crippen LogP contribution >= 0.6 is 0 Å². The van der Waals surface area contributed by atoms with E-state index < -0.39 is 5.63 Å². The second-order valence-electron chi connectivity index (χ2n) is 5.56. The van der Waals surface area contributed by atoms with Crippen LogP contribution in [0, 0.1) is 6.92 Å². The fourth-order valence-corrected chi connectivity index (χ4v) is 2.58. The summed E-state index contributed by atoms with van der Waals surface area (Å²) in [6.07, 6.45) is 0.628. The second-order valence-corrected chi connectivity index (χ2v) is 5.56. The number of fused-ring (bicyclic) bond motifs is 1. The van der Waals surface area contributed by atoms with Crippen molar-refractivity contribution in [2.75, 3.05) is 26.7 Å². The van der Waals surface area contributed by atoms with Crippen LogP contribution in [0.4, 0.5) is 0 Å². The number of hydrogen-bond donors (Lipinski definition) is 2. The van der Waals surface area contributed by atoms with E-state index in [2.05, 4.69) is 10.6 Å². The number of likely N-dealkylation sites (N-methyl/N-ethyl adjacent to an activating group) is 1. The number of nitrogens with one attached hydrogen (secondary N) is 2. The van der Waals surface area contributed by atoms with Crippen molar-refractivity contribution in [2.24, 2.45) is 0 Å². The lowest BCUT2D eigenvalue weighted by Crippen LogP contribution is -2.32. The third-order valence-electron chi connectivity index (χ3n) is 3.97. The van der Waals surface area contributed by atoms with Gasteiger partial charge in [0.15, 0.2) is 0 Å². The number of carbonyl (C=O) groups excluding carboxylic acids is 1. The maximum absolute atomic E-state index is 12.2. The molecule has 24 heavy (non-hydrogen) atoms. The summed E-state index contributed by atoms with van der Waals surface area (Å²) in [7, 11) is 1.56. The van der Waals surface area contributed by atoms with Crippen molar-refractivity contribution in [3.63, 3.8) is 0 Å². The summed E-state index contributed by atoms with van der Waals surface area (Å²) < 4.78 is 10.5. The number of ether oxygens (including phenoxy) is 1. The van der Waals surface area contributed by atoms with Crippen molar-refractivity contribution >= 4 is 16.9 Å². The average molecular weight is 332 g/mol. The van der Waals surface area contributed by atoms with Crippen molar-refractivity contribution in [1.29, 1.82) is 0 Å². The van der Waals surface area contributed by atoms with E-state index in [0.29, 0.717) is 29.9 Å². The standard InChI is InChI=1S/C18H24N2O4/c1-4-19-9-10-20-17(21)8-7-15-12(2)14-6-5-13(23-3)11-16(14)24-18(15)22/h5-6,11,19H,4,7-10H2,1-3H3,(H,20,21). The van der Waals surface area contributed by atoms with Crippen molar-refractivity contribution < 1.29 is 13.9 Å². The highest BCUT2D eigenvalue weighted by Gasteiger charge is 2.13. The molecule has 1 aromatic carbocycles. The van der Waals surface area contributed by atoms with Gasteiger partial charge in [-0.1, -0.05) is 6.92 Å². The maximum atomic E-state index is 12.2. The molecule has 2 N–H and O–H groups in total. The van der Waals surface area contributed by atoms with Crippen molar-refractivity contribution in [1.82, 2.24) is 10.6 Å². The zero-order chi connectivity index (χ0) is 17.5. The SMILES string of the molecule is CCNCCNC(=O)CCc1c(C)c2ccc(OC)cc2oc1=O. The van der Waals surface area contributed by atoms with Crippen LogP contribution in [0.5, 0.6) is 5.75 Å². The topological polar surface area (TPSA) is 80.6 Å². The van der Waals surface area contributed by atoms with Gasteiger partial charge in [-0.25, -0.2) is 4.79 Å². The molecule has 0 aliphatic carbocycles. The molecule has 0 saturated carbocycles. The molecular formula is C18H24N2O4. The Labute approximate surface area is 141 Å². The lowest BCUT2D eigenvalue weighted by Gasteiger charge is -2.09. The Hall–Kier alpha value is -2.34. The van der Waals surface area contributed by atoms with E-state index in [1.165, 1.54) is 0 Å². The maximum Gasteiger partial charge on any atom is 0.339 e. The van der Waals surface area contributed by atoms with Crippen LogP contribution in [-0.4, -0.2) is 32.7 Å². The highest BCUT2D eigenvalue weighted by Crippen LogP contribution is 2.24. The predicted molar refractivity (Wildman–Crippen MR) is 93.6 cm³/mol. The van der Waals surface area contributed by atoms with Crippen LogP contribution < -0.4 is 21.0 Å². The van der Waals surface area contributed by atoms with Gasteiger partial charge in [0.2, 0.25) is 5.91 Å². The molecule has 1 amide bonds. The van der Waals surface area contributed by atoms with Gasteiger partial charge < -0.3 is 19.8 Å². The molecule has 0 fully saturated rings. The number of benzene rings is 1. The van der Waals surface area contributed by atoms with E-state index in [1.54, 1.807) is 13.2 Å². The van der Waals surface area contributed by atoms with E-state index in [-0.39, 0.29) is 12.3 Å². The number of carbonyl (C=O) groups is 1. The molecule has 6 heteroatoms. The highest BCUT2D eigenvalue weighted by molar-refractivity contribution is 5.82. The van der Waals surface area contributed by atoms with Crippen LogP contribution in [0.15, 0.2) is 27.4 Å². The Morgan fingerprint density at radius 1 is 1.29 bits per heavy atom. The minimum absolute atomic E-state index is 0.0680. The molecule has 0 saturated heterocycles. The molecule has 0 unspecified atom stereocenters. The van der Waals surface area contributed by atoms with Gasteiger partial charge in [-0.15, -0.1) is 0 Å². The largest absolute Gasteiger partial charge is 0.497 e. The normalized spacial score (nSPS) is 10.8. The average Bonchev–Trinajstić information content (AvgIpc) is 2.58. The molecule has 1 heterocycles. The Kier molecular flexibility index (Phi) is 6.37. The number of hydrogen-bond acceptors (Lipinski definition) is 5. The van der Waals surface area contributed by atoms with Gasteiger partial charge in [0.05, 0.1) is 7.11 Å². The second kappa shape index (κ2) is 8.49. The number of amides is 1. The van der Waals surface area contributed by atoms with E-state index in [4.69, 9.17) is 9.15 Å². The Balaban J connectivity index is 2.09. The molecule has 0 atom stereocenters. The van der Waals surface area contributed by atoms with Crippen molar-refractivity contribution in [3.8, 4) is 5.75 Å². The molecule has 0 spiro atoms. The Morgan fingerprint density at radius 3 is 2.79 bits per heavy atom. The zero-order valence-electron chi connectivity index (χ0n) is 14.4. The van der Waals surface area contributed by atoms with Crippen molar-refractivity contribution in [3.05, 3.63) is 39.7 Å². The van der Waals surface area contributed by atoms with Crippen LogP contribution in [0.1, 0.15) is 24.5 Å². The minimum atomic E-state index is -0.395. The lowest BCUT2D eigenvalue weighted by molar-refractivity contribution is -0.121. The van der Waals surface area contributed by atoms with Crippen LogP contribution in [0.25, 0.3) is 11.0 Å². The molecule has 0 aliphatic heterocycles. The van der Waals surface area contributed by atoms with E-state index in [0.717, 1.165) is 24.0 Å². The number of aryl methyl sites for hydroxylation is 1. The summed E-state index contributed by atoms with van der Waals surface area (Å²) in [5, 5.41) is 6.82. The smallest absolute Gasteiger partial charge is 0.339 e. The quantitative estimate of drug-likeness (QED) is 0.569. The Morgan fingerprint density at radius 2 is 2.08 bits per heavy atom. The van der Waals surface area contributed by atoms with E-state index in [9.17, 15) is 9.59 Å². The van der Waals surface area contributed by atoms with Crippen LogP contribution in [0.3, 0.4) is 0 Å². The summed E-state index contributed by atoms with van der Waals surface area (Å²) >= 11 is 0. The molecule has 2 rings (SSSR count). The molecule has 2 aromatic rings. The fourth-order valence-electron chi connectivity index (χ4n) is 2.58. The molecule has 130 valence electrons. The first-order valence-corrected chi connectivity index (χ1v) is 8.14. The first-order chi connectivity index (χ1) is 11.6. The fraction of sp³-hybridized carbons (Fsp3) is 0.444. The van der Waals surface area contributed by atoms with Gasteiger partial charge in [0.1, 0.15) is 11.3 Å². The van der Waals surface area contributed by atoms with Crippen molar-refractivity contribution in [2.45, 2.75) is 26.7 Å². The first-order valence-electron chi connectivity index (χ1n) is 8.14. The zero-order valence-corrected chi connectivity index (χ0v) is 14.4. The van der Waals surface area contributed by atoms with Gasteiger partial charge in [-0.05, 0) is 37.6 Å². The van der Waals surface area contributed by atoms with E-state index in [1.807, 2.05) is 26.0 Å². The van der Waals surface area contributed by atoms with Crippen LogP contribution in [0.2, 0.25) is 0 Å². The summed E-state index contributed by atoms with van der Waals surface area (Å²) in [5.74, 6) is 0.569. The van der Waals surface area contributed by atoms with Gasteiger partial charge in [0.25, 0.3) is 0 Å². The van der Waals surface area contributed by atoms with Gasteiger partial charge >= 0.3 is 5.63 Å². The third-order valence-corrected chi connectivity index (χ3v) is 3.97. The number of methoxy groups -OCH3 is 1. The van der Waals surface area contributed by atoms with Gasteiger partial charge in [-0.3, -0.25) is 4.79 Å². The first kappa shape index (κ1) is 18.0. The van der Waals surface area contributed by atoms with Gasteiger partial charge in [0, 0.05) is 36.5 Å². The monoisotopic (exact) mass is 332 g/mol. The number of rotatable bonds is 8. The Bertz CT molecular complexity index is 767. The highest BCUT2D eigenvalue weighted by atomic mass is 16.5. The molecule has 0 aliphatic rings. The summed E-state index contributed by atoms with van der Waals surface area (Å²) in [6.45, 7) is 6.08. The molecule has 0 bridgehead atoms. The lowest BCUT2D eigenvalue weighted by atomic mass is 10.0. The molecular weight excluding hydrogens is 308 g/mol. The summed E-state index contributed by atoms with van der Waals surface area (Å²) in [6, 6.07) is 5.39. The van der Waals surface area contributed by atoms with Gasteiger partial charge in [-0.2, -0.15) is 0 Å². The van der Waals surface area contributed by atoms with E-state index >= 15 is 0 Å².